The molecule has 4 nitrogen and oxygen atoms in total. The minimum absolute atomic E-state index is 0.489. The van der Waals surface area contributed by atoms with Crippen LogP contribution in [0.2, 0.25) is 5.02 Å². The number of rotatable bonds is 4. The summed E-state index contributed by atoms with van der Waals surface area (Å²) in [5, 5.41) is 9.10. The number of aromatic nitrogens is 1. The van der Waals surface area contributed by atoms with Crippen molar-refractivity contribution in [2.75, 3.05) is 0 Å². The minimum Gasteiger partial charge on any atom is -0.478 e. The van der Waals surface area contributed by atoms with Gasteiger partial charge >= 0.3 is 5.97 Å². The van der Waals surface area contributed by atoms with Gasteiger partial charge in [-0.2, -0.15) is 0 Å². The Bertz CT molecular complexity index is 668. The highest BCUT2D eigenvalue weighted by Crippen LogP contribution is 2.30. The number of carboxylic acid groups (broad SMARTS) is 1. The molecule has 0 bridgehead atoms. The molecule has 0 saturated carbocycles. The summed E-state index contributed by atoms with van der Waals surface area (Å²) in [7, 11) is 0. The van der Waals surface area contributed by atoms with Gasteiger partial charge in [0.25, 0.3) is 0 Å². The lowest BCUT2D eigenvalue weighted by atomic mass is 10.2. The zero-order valence-electron chi connectivity index (χ0n) is 10.7. The highest BCUT2D eigenvalue weighted by Gasteiger charge is 2.04. The molecule has 0 amide bonds. The summed E-state index contributed by atoms with van der Waals surface area (Å²) in [5.74, 6) is -0.000349. The summed E-state index contributed by atoms with van der Waals surface area (Å²) in [5.41, 5.74) is 1.67. The van der Waals surface area contributed by atoms with Gasteiger partial charge in [0.2, 0.25) is 0 Å². The Hall–Kier alpha value is -2.33. The molecule has 5 heteroatoms. The Balaban J connectivity index is 2.21. The van der Waals surface area contributed by atoms with E-state index in [-0.39, 0.29) is 0 Å². The van der Waals surface area contributed by atoms with Crippen molar-refractivity contribution in [3.8, 4) is 11.5 Å². The molecule has 1 aromatic carbocycles. The third-order valence-corrected chi connectivity index (χ3v) is 2.76. The van der Waals surface area contributed by atoms with Gasteiger partial charge in [-0.25, -0.2) is 4.79 Å². The zero-order chi connectivity index (χ0) is 14.5. The third-order valence-electron chi connectivity index (χ3n) is 2.47. The largest absolute Gasteiger partial charge is 0.478 e. The molecule has 0 atom stereocenters. The second-order valence-electron chi connectivity index (χ2n) is 4.16. The van der Waals surface area contributed by atoms with Gasteiger partial charge in [-0.05, 0) is 42.3 Å². The van der Waals surface area contributed by atoms with Crippen LogP contribution in [0.1, 0.15) is 11.1 Å². The van der Waals surface area contributed by atoms with Gasteiger partial charge in [0.15, 0.2) is 0 Å². The van der Waals surface area contributed by atoms with Crippen molar-refractivity contribution in [1.29, 1.82) is 0 Å². The van der Waals surface area contributed by atoms with Crippen molar-refractivity contribution >= 4 is 23.6 Å². The maximum absolute atomic E-state index is 10.5. The molecular formula is C15H12ClNO3. The maximum atomic E-state index is 10.5. The summed E-state index contributed by atoms with van der Waals surface area (Å²) in [4.78, 5) is 14.5. The predicted molar refractivity (Wildman–Crippen MR) is 77.2 cm³/mol. The molecule has 0 spiro atoms. The molecule has 0 fully saturated rings. The van der Waals surface area contributed by atoms with Crippen LogP contribution in [-0.4, -0.2) is 16.1 Å². The average molecular weight is 290 g/mol. The van der Waals surface area contributed by atoms with E-state index in [1.807, 2.05) is 13.0 Å². The number of aryl methyl sites for hydroxylation is 1. The van der Waals surface area contributed by atoms with Crippen LogP contribution in [0.4, 0.5) is 0 Å². The van der Waals surface area contributed by atoms with E-state index < -0.39 is 5.97 Å². The number of nitrogens with zero attached hydrogens (tertiary/aromatic N) is 1. The van der Waals surface area contributed by atoms with Gasteiger partial charge in [-0.15, -0.1) is 0 Å². The van der Waals surface area contributed by atoms with Crippen molar-refractivity contribution in [3.05, 3.63) is 58.9 Å². The Morgan fingerprint density at radius 1 is 1.35 bits per heavy atom. The van der Waals surface area contributed by atoms with Crippen LogP contribution in [0.5, 0.6) is 11.5 Å². The van der Waals surface area contributed by atoms with E-state index in [0.717, 1.165) is 11.6 Å². The van der Waals surface area contributed by atoms with Crippen LogP contribution >= 0.6 is 11.6 Å². The van der Waals surface area contributed by atoms with Gasteiger partial charge in [0, 0.05) is 12.3 Å². The molecule has 0 aliphatic rings. The molecule has 1 N–H and O–H groups in total. The quantitative estimate of drug-likeness (QED) is 0.866. The summed E-state index contributed by atoms with van der Waals surface area (Å²) < 4.78 is 5.64. The summed E-state index contributed by atoms with van der Waals surface area (Å²) in [6.07, 6.45) is 5.57. The summed E-state index contributed by atoms with van der Waals surface area (Å²) in [6, 6.07) is 7.15. The van der Waals surface area contributed by atoms with Gasteiger partial charge in [-0.1, -0.05) is 17.7 Å². The second-order valence-corrected chi connectivity index (χ2v) is 4.57. The van der Waals surface area contributed by atoms with E-state index in [9.17, 15) is 4.79 Å². The first-order valence-electron chi connectivity index (χ1n) is 5.84. The van der Waals surface area contributed by atoms with Gasteiger partial charge < -0.3 is 9.84 Å². The molecule has 1 heterocycles. The third kappa shape index (κ3) is 3.83. The minimum atomic E-state index is -1.02. The number of ether oxygens (including phenoxy) is 1. The molecule has 0 aliphatic carbocycles. The van der Waals surface area contributed by atoms with Crippen molar-refractivity contribution in [1.82, 2.24) is 4.98 Å². The van der Waals surface area contributed by atoms with Crippen LogP contribution in [0.3, 0.4) is 0 Å². The van der Waals surface area contributed by atoms with Gasteiger partial charge in [-0.3, -0.25) is 4.98 Å². The van der Waals surface area contributed by atoms with Crippen molar-refractivity contribution in [2.24, 2.45) is 0 Å². The monoisotopic (exact) mass is 289 g/mol. The molecule has 2 rings (SSSR count). The first-order valence-corrected chi connectivity index (χ1v) is 6.22. The first-order chi connectivity index (χ1) is 9.54. The van der Waals surface area contributed by atoms with Crippen LogP contribution in [0.25, 0.3) is 6.08 Å². The smallest absolute Gasteiger partial charge is 0.328 e. The number of benzene rings is 1. The highest BCUT2D eigenvalue weighted by atomic mass is 35.5. The lowest BCUT2D eigenvalue weighted by molar-refractivity contribution is -0.131. The molecule has 0 aliphatic heterocycles. The first kappa shape index (κ1) is 14.1. The number of halogens is 1. The number of hydrogen-bond acceptors (Lipinski definition) is 3. The summed E-state index contributed by atoms with van der Waals surface area (Å²) >= 11 is 6.08. The summed E-state index contributed by atoms with van der Waals surface area (Å²) in [6.45, 7) is 1.94. The molecule has 2 aromatic rings. The lowest BCUT2D eigenvalue weighted by Crippen LogP contribution is -1.89. The fourth-order valence-electron chi connectivity index (χ4n) is 1.57. The van der Waals surface area contributed by atoms with Crippen molar-refractivity contribution in [3.63, 3.8) is 0 Å². The van der Waals surface area contributed by atoms with Crippen molar-refractivity contribution < 1.29 is 14.6 Å². The molecule has 0 radical (unpaired) electrons. The van der Waals surface area contributed by atoms with E-state index in [1.165, 1.54) is 12.3 Å². The number of carboxylic acids is 1. The van der Waals surface area contributed by atoms with Crippen LogP contribution < -0.4 is 4.74 Å². The molecule has 102 valence electrons. The van der Waals surface area contributed by atoms with Crippen LogP contribution in [0.15, 0.2) is 42.7 Å². The predicted octanol–water partition coefficient (Wildman–Crippen LogP) is 3.93. The molecule has 0 saturated heterocycles. The van der Waals surface area contributed by atoms with Gasteiger partial charge in [0.05, 0.1) is 11.2 Å². The van der Waals surface area contributed by atoms with Crippen LogP contribution in [0, 0.1) is 6.92 Å². The molecule has 20 heavy (non-hydrogen) atoms. The Morgan fingerprint density at radius 3 is 2.85 bits per heavy atom. The number of pyridine rings is 1. The molecule has 0 unspecified atom stereocenters. The van der Waals surface area contributed by atoms with E-state index in [1.54, 1.807) is 24.4 Å². The maximum Gasteiger partial charge on any atom is 0.328 e. The second kappa shape index (κ2) is 6.21. The lowest BCUT2D eigenvalue weighted by Gasteiger charge is -2.08. The molecular weight excluding hydrogens is 278 g/mol. The number of aliphatic carboxylic acids is 1. The molecule has 1 aromatic heterocycles. The van der Waals surface area contributed by atoms with E-state index in [0.29, 0.717) is 22.1 Å². The highest BCUT2D eigenvalue weighted by molar-refractivity contribution is 6.32. The Morgan fingerprint density at radius 2 is 2.15 bits per heavy atom. The fraction of sp³-hybridized carbons (Fsp3) is 0.0667. The standard InChI is InChI=1S/C15H12ClNO3/c1-10-2-4-14(13(16)6-10)20-12-7-11(8-17-9-12)3-5-15(18)19/h2-9H,1H3,(H,18,19)/b5-3+. The average Bonchev–Trinajstić information content (AvgIpc) is 2.40. The Kier molecular flexibility index (Phi) is 4.38. The normalized spacial score (nSPS) is 10.7. The van der Waals surface area contributed by atoms with E-state index >= 15 is 0 Å². The van der Waals surface area contributed by atoms with E-state index in [4.69, 9.17) is 21.4 Å². The Labute approximate surface area is 121 Å². The van der Waals surface area contributed by atoms with Crippen molar-refractivity contribution in [2.45, 2.75) is 6.92 Å². The number of hydrogen-bond donors (Lipinski definition) is 1. The van der Waals surface area contributed by atoms with Gasteiger partial charge in [0.1, 0.15) is 11.5 Å². The fourth-order valence-corrected chi connectivity index (χ4v) is 1.84. The van der Waals surface area contributed by atoms with Crippen LogP contribution in [-0.2, 0) is 4.79 Å². The zero-order valence-corrected chi connectivity index (χ0v) is 11.5. The number of carbonyl (C=O) groups is 1. The van der Waals surface area contributed by atoms with E-state index in [2.05, 4.69) is 4.98 Å². The SMILES string of the molecule is Cc1ccc(Oc2cncc(/C=C/C(=O)O)c2)c(Cl)c1. The topological polar surface area (TPSA) is 59.4 Å².